The lowest BCUT2D eigenvalue weighted by Gasteiger charge is -2.25. The Balaban J connectivity index is 2.17. The van der Waals surface area contributed by atoms with Gasteiger partial charge in [0.2, 0.25) is 10.0 Å². The molecule has 0 N–H and O–H groups in total. The molecule has 0 aromatic carbocycles. The number of sulfonamides is 1. The van der Waals surface area contributed by atoms with E-state index in [2.05, 4.69) is 0 Å². The minimum absolute atomic E-state index is 0.0255. The molecule has 1 saturated carbocycles. The number of rotatable bonds is 1. The first-order valence-electron chi connectivity index (χ1n) is 4.52. The number of fused-ring (bicyclic) bond motifs is 1. The highest BCUT2D eigenvalue weighted by Crippen LogP contribution is 2.69. The first-order valence-corrected chi connectivity index (χ1v) is 6.37. The van der Waals surface area contributed by atoms with Crippen LogP contribution in [0.2, 0.25) is 0 Å². The Bertz CT molecular complexity index is 368. The smallest absolute Gasteiger partial charge is 0.213 e. The molecule has 1 heterocycles. The van der Waals surface area contributed by atoms with Crippen LogP contribution in [-0.2, 0) is 10.0 Å². The standard InChI is InChI=1S/C8H13F2NO2S/c1-7-3-4-11(14(2,12)13)5-6(7)8(7,9)10/h6H,3-5H2,1-2H3. The van der Waals surface area contributed by atoms with Crippen LogP contribution >= 0.6 is 0 Å². The van der Waals surface area contributed by atoms with Crippen molar-refractivity contribution in [2.75, 3.05) is 19.3 Å². The Morgan fingerprint density at radius 3 is 2.43 bits per heavy atom. The molecular weight excluding hydrogens is 212 g/mol. The van der Waals surface area contributed by atoms with E-state index < -0.39 is 27.3 Å². The zero-order valence-corrected chi connectivity index (χ0v) is 8.94. The molecule has 1 aliphatic carbocycles. The van der Waals surface area contributed by atoms with Crippen LogP contribution < -0.4 is 0 Å². The van der Waals surface area contributed by atoms with Crippen molar-refractivity contribution < 1.29 is 17.2 Å². The average molecular weight is 225 g/mol. The fraction of sp³-hybridized carbons (Fsp3) is 1.00. The number of piperidine rings is 1. The van der Waals surface area contributed by atoms with Crippen LogP contribution in [0.1, 0.15) is 13.3 Å². The lowest BCUT2D eigenvalue weighted by atomic mass is 9.99. The van der Waals surface area contributed by atoms with Gasteiger partial charge in [0.15, 0.2) is 0 Å². The van der Waals surface area contributed by atoms with Gasteiger partial charge in [-0.15, -0.1) is 0 Å². The van der Waals surface area contributed by atoms with Crippen LogP contribution in [0.25, 0.3) is 0 Å². The molecule has 0 aromatic rings. The Morgan fingerprint density at radius 1 is 1.43 bits per heavy atom. The van der Waals surface area contributed by atoms with Crippen LogP contribution in [0.4, 0.5) is 8.78 Å². The van der Waals surface area contributed by atoms with Crippen molar-refractivity contribution in [3.8, 4) is 0 Å². The fourth-order valence-corrected chi connectivity index (χ4v) is 3.13. The summed E-state index contributed by atoms with van der Waals surface area (Å²) in [7, 11) is -3.31. The summed E-state index contributed by atoms with van der Waals surface area (Å²) in [5, 5.41) is 0. The van der Waals surface area contributed by atoms with Crippen LogP contribution in [0, 0.1) is 11.3 Å². The van der Waals surface area contributed by atoms with E-state index in [-0.39, 0.29) is 19.5 Å². The number of hydrogen-bond donors (Lipinski definition) is 0. The maximum Gasteiger partial charge on any atom is 0.258 e. The van der Waals surface area contributed by atoms with E-state index in [1.165, 1.54) is 6.92 Å². The van der Waals surface area contributed by atoms with E-state index in [1.807, 2.05) is 0 Å². The molecule has 0 aromatic heterocycles. The molecule has 2 fully saturated rings. The van der Waals surface area contributed by atoms with Crippen molar-refractivity contribution in [2.45, 2.75) is 19.3 Å². The Morgan fingerprint density at radius 2 is 2.00 bits per heavy atom. The quantitative estimate of drug-likeness (QED) is 0.665. The van der Waals surface area contributed by atoms with Crippen LogP contribution in [0.3, 0.4) is 0 Å². The summed E-state index contributed by atoms with van der Waals surface area (Å²) in [4.78, 5) is 0. The van der Waals surface area contributed by atoms with E-state index in [0.29, 0.717) is 0 Å². The zero-order chi connectivity index (χ0) is 10.8. The molecule has 1 saturated heterocycles. The minimum atomic E-state index is -3.31. The van der Waals surface area contributed by atoms with Gasteiger partial charge >= 0.3 is 0 Å². The predicted octanol–water partition coefficient (Wildman–Crippen LogP) is 0.923. The largest absolute Gasteiger partial charge is 0.258 e. The summed E-state index contributed by atoms with van der Waals surface area (Å²) in [6.45, 7) is 1.74. The lowest BCUT2D eigenvalue weighted by Crippen LogP contribution is -2.37. The van der Waals surface area contributed by atoms with E-state index in [9.17, 15) is 17.2 Å². The lowest BCUT2D eigenvalue weighted by molar-refractivity contribution is 0.0636. The summed E-state index contributed by atoms with van der Waals surface area (Å²) in [6.07, 6.45) is 1.33. The first kappa shape index (κ1) is 10.3. The highest BCUT2D eigenvalue weighted by molar-refractivity contribution is 7.88. The molecule has 0 spiro atoms. The summed E-state index contributed by atoms with van der Waals surface area (Å²) < 4.78 is 49.9. The van der Waals surface area contributed by atoms with E-state index in [4.69, 9.17) is 0 Å². The number of hydrogen-bond acceptors (Lipinski definition) is 2. The van der Waals surface area contributed by atoms with Gasteiger partial charge < -0.3 is 0 Å². The first-order chi connectivity index (χ1) is 6.19. The highest BCUT2D eigenvalue weighted by atomic mass is 32.2. The molecule has 82 valence electrons. The molecule has 2 aliphatic rings. The molecule has 0 bridgehead atoms. The molecule has 2 rings (SSSR count). The topological polar surface area (TPSA) is 37.4 Å². The Labute approximate surface area is 82.1 Å². The maximum atomic E-state index is 13.2. The summed E-state index contributed by atoms with van der Waals surface area (Å²) in [5.41, 5.74) is -0.950. The summed E-state index contributed by atoms with van der Waals surface area (Å²) >= 11 is 0. The molecule has 2 unspecified atom stereocenters. The van der Waals surface area contributed by atoms with Crippen LogP contribution in [0.15, 0.2) is 0 Å². The minimum Gasteiger partial charge on any atom is -0.213 e. The third kappa shape index (κ3) is 1.13. The van der Waals surface area contributed by atoms with E-state index >= 15 is 0 Å². The third-order valence-corrected chi connectivity index (χ3v) is 4.89. The van der Waals surface area contributed by atoms with Gasteiger partial charge in [0.25, 0.3) is 5.92 Å². The monoisotopic (exact) mass is 225 g/mol. The summed E-state index contributed by atoms with van der Waals surface area (Å²) in [6, 6.07) is 0. The average Bonchev–Trinajstić information content (AvgIpc) is 2.44. The molecule has 3 nitrogen and oxygen atoms in total. The highest BCUT2D eigenvalue weighted by Gasteiger charge is 2.78. The van der Waals surface area contributed by atoms with Gasteiger partial charge in [-0.05, 0) is 6.42 Å². The van der Waals surface area contributed by atoms with Crippen molar-refractivity contribution in [3.05, 3.63) is 0 Å². The number of nitrogens with zero attached hydrogens (tertiary/aromatic N) is 1. The third-order valence-electron chi connectivity index (χ3n) is 3.62. The number of halogens is 2. The predicted molar refractivity (Wildman–Crippen MR) is 47.6 cm³/mol. The van der Waals surface area contributed by atoms with E-state index in [1.54, 1.807) is 0 Å². The van der Waals surface area contributed by atoms with Gasteiger partial charge in [-0.25, -0.2) is 21.5 Å². The molecule has 6 heteroatoms. The van der Waals surface area contributed by atoms with Gasteiger partial charge in [-0.1, -0.05) is 6.92 Å². The number of alkyl halides is 2. The van der Waals surface area contributed by atoms with Crippen molar-refractivity contribution in [3.63, 3.8) is 0 Å². The van der Waals surface area contributed by atoms with Gasteiger partial charge in [-0.3, -0.25) is 0 Å². The van der Waals surface area contributed by atoms with Crippen molar-refractivity contribution in [2.24, 2.45) is 11.3 Å². The van der Waals surface area contributed by atoms with Gasteiger partial charge in [0, 0.05) is 24.4 Å². The fourth-order valence-electron chi connectivity index (χ4n) is 2.28. The molecule has 2 atom stereocenters. The Hall–Kier alpha value is -0.230. The second-order valence-corrected chi connectivity index (χ2v) is 6.45. The van der Waals surface area contributed by atoms with Gasteiger partial charge in [-0.2, -0.15) is 0 Å². The van der Waals surface area contributed by atoms with Crippen LogP contribution in [-0.4, -0.2) is 38.0 Å². The molecule has 14 heavy (non-hydrogen) atoms. The normalized spacial score (nSPS) is 41.9. The van der Waals surface area contributed by atoms with Gasteiger partial charge in [0.1, 0.15) is 0 Å². The zero-order valence-electron chi connectivity index (χ0n) is 8.13. The second-order valence-electron chi connectivity index (χ2n) is 4.46. The molecular formula is C8H13F2NO2S. The van der Waals surface area contributed by atoms with Crippen molar-refractivity contribution >= 4 is 10.0 Å². The SMILES string of the molecule is CC12CCN(S(C)(=O)=O)CC1C2(F)F. The van der Waals surface area contributed by atoms with E-state index in [0.717, 1.165) is 10.6 Å². The molecule has 0 amide bonds. The van der Waals surface area contributed by atoms with Gasteiger partial charge in [0.05, 0.1) is 6.26 Å². The maximum absolute atomic E-state index is 13.2. The molecule has 0 radical (unpaired) electrons. The molecule has 1 aliphatic heterocycles. The van der Waals surface area contributed by atoms with Crippen molar-refractivity contribution in [1.82, 2.24) is 4.31 Å². The Kier molecular flexibility index (Phi) is 1.81. The second kappa shape index (κ2) is 2.47. The van der Waals surface area contributed by atoms with Crippen molar-refractivity contribution in [1.29, 1.82) is 0 Å². The van der Waals surface area contributed by atoms with Crippen LogP contribution in [0.5, 0.6) is 0 Å². The summed E-state index contributed by atoms with van der Waals surface area (Å²) in [5.74, 6) is -3.45.